The van der Waals surface area contributed by atoms with Crippen molar-refractivity contribution in [3.63, 3.8) is 0 Å². The first-order chi connectivity index (χ1) is 18.2. The van der Waals surface area contributed by atoms with Crippen LogP contribution in [0.15, 0.2) is 12.7 Å². The molecule has 0 aromatic carbocycles. The number of thioether (sulfide) groups is 2. The van der Waals surface area contributed by atoms with E-state index in [9.17, 15) is 14.2 Å². The highest BCUT2D eigenvalue weighted by Crippen LogP contribution is 2.50. The average molecular weight is 604 g/mol. The van der Waals surface area contributed by atoms with E-state index in [1.54, 1.807) is 10.9 Å². The zero-order valence-corrected chi connectivity index (χ0v) is 25.8. The minimum Gasteiger partial charge on any atom is -0.382 e. The highest BCUT2D eigenvalue weighted by molar-refractivity contribution is 8.14. The Morgan fingerprint density at radius 1 is 1.00 bits per heavy atom. The van der Waals surface area contributed by atoms with E-state index in [4.69, 9.17) is 24.0 Å². The first-order valence-corrected chi connectivity index (χ1v) is 16.1. The van der Waals surface area contributed by atoms with E-state index < -0.39 is 18.7 Å². The van der Waals surface area contributed by atoms with Crippen LogP contribution < -0.4 is 5.73 Å². The number of nitrogens with zero attached hydrogens (tertiary/aromatic N) is 4. The number of anilines is 1. The van der Waals surface area contributed by atoms with Crippen LogP contribution in [-0.4, -0.2) is 67.2 Å². The fraction of sp³-hybridized carbons (Fsp3) is 0.708. The molecule has 0 bridgehead atoms. The lowest BCUT2D eigenvalue weighted by atomic mass is 9.99. The molecule has 1 aliphatic rings. The number of hydrogen-bond acceptors (Lipinski definition) is 13. The molecule has 0 aliphatic carbocycles. The predicted molar refractivity (Wildman–Crippen MR) is 152 cm³/mol. The van der Waals surface area contributed by atoms with Crippen molar-refractivity contribution < 1.29 is 32.5 Å². The van der Waals surface area contributed by atoms with Gasteiger partial charge in [-0.3, -0.25) is 27.7 Å². The van der Waals surface area contributed by atoms with Gasteiger partial charge in [-0.25, -0.2) is 19.5 Å². The number of ether oxygens (including phenoxy) is 1. The Hall–Kier alpha value is -1.54. The van der Waals surface area contributed by atoms with E-state index >= 15 is 0 Å². The second-order valence-electron chi connectivity index (χ2n) is 11.1. The van der Waals surface area contributed by atoms with Crippen molar-refractivity contribution in [1.82, 2.24) is 19.5 Å². The van der Waals surface area contributed by atoms with Crippen LogP contribution in [0.25, 0.3) is 11.2 Å². The fourth-order valence-corrected chi connectivity index (χ4v) is 6.40. The maximum absolute atomic E-state index is 13.4. The zero-order valence-electron chi connectivity index (χ0n) is 23.2. The van der Waals surface area contributed by atoms with Crippen LogP contribution in [0.5, 0.6) is 0 Å². The maximum Gasteiger partial charge on any atom is 0.474 e. The summed E-state index contributed by atoms with van der Waals surface area (Å²) < 4.78 is 38.0. The van der Waals surface area contributed by atoms with E-state index in [0.717, 1.165) is 23.5 Å². The number of nitrogens with two attached hydrogens (primary N) is 1. The molecule has 12 nitrogen and oxygen atoms in total. The van der Waals surface area contributed by atoms with Gasteiger partial charge in [-0.15, -0.1) is 0 Å². The van der Waals surface area contributed by atoms with Crippen LogP contribution in [0.1, 0.15) is 60.6 Å². The molecule has 3 heterocycles. The second-order valence-corrected chi connectivity index (χ2v) is 14.9. The number of carbonyl (C=O) groups is 2. The van der Waals surface area contributed by atoms with Crippen molar-refractivity contribution in [2.24, 2.45) is 10.8 Å². The molecule has 1 fully saturated rings. The first kappa shape index (κ1) is 32.0. The quantitative estimate of drug-likeness (QED) is 0.259. The molecule has 2 aromatic rings. The van der Waals surface area contributed by atoms with Gasteiger partial charge in [-0.05, 0) is 12.8 Å². The van der Waals surface area contributed by atoms with Crippen molar-refractivity contribution in [2.75, 3.05) is 37.1 Å². The van der Waals surface area contributed by atoms with E-state index in [-0.39, 0.29) is 48.2 Å². The highest BCUT2D eigenvalue weighted by atomic mass is 32.2. The highest BCUT2D eigenvalue weighted by Gasteiger charge is 2.34. The molecule has 1 aliphatic heterocycles. The number of phosphoric acid groups is 1. The summed E-state index contributed by atoms with van der Waals surface area (Å²) >= 11 is 2.21. The lowest BCUT2D eigenvalue weighted by Gasteiger charge is -2.21. The van der Waals surface area contributed by atoms with E-state index in [2.05, 4.69) is 15.0 Å². The third kappa shape index (κ3) is 9.24. The largest absolute Gasteiger partial charge is 0.474 e. The van der Waals surface area contributed by atoms with Gasteiger partial charge < -0.3 is 10.5 Å². The third-order valence-electron chi connectivity index (χ3n) is 5.56. The molecular weight excluding hydrogens is 565 g/mol. The first-order valence-electron chi connectivity index (χ1n) is 12.7. The van der Waals surface area contributed by atoms with Crippen LogP contribution in [0.3, 0.4) is 0 Å². The van der Waals surface area contributed by atoms with E-state index in [1.807, 2.05) is 41.5 Å². The Labute approximate surface area is 237 Å². The van der Waals surface area contributed by atoms with Gasteiger partial charge in [0.15, 0.2) is 21.7 Å². The number of imidazole rings is 1. The summed E-state index contributed by atoms with van der Waals surface area (Å²) in [7, 11) is -3.98. The van der Waals surface area contributed by atoms with Gasteiger partial charge in [0.05, 0.1) is 32.3 Å². The number of fused-ring (bicyclic) bond motifs is 1. The van der Waals surface area contributed by atoms with Crippen molar-refractivity contribution in [3.05, 3.63) is 12.7 Å². The van der Waals surface area contributed by atoms with Crippen molar-refractivity contribution in [3.8, 4) is 0 Å². The Morgan fingerprint density at radius 3 is 2.15 bits per heavy atom. The van der Waals surface area contributed by atoms with Crippen molar-refractivity contribution in [1.29, 1.82) is 0 Å². The van der Waals surface area contributed by atoms with E-state index in [0.29, 0.717) is 35.5 Å². The normalized spacial score (nSPS) is 18.6. The van der Waals surface area contributed by atoms with Gasteiger partial charge >= 0.3 is 7.82 Å². The van der Waals surface area contributed by atoms with Gasteiger partial charge in [-0.1, -0.05) is 65.1 Å². The number of phosphoric ester groups is 1. The van der Waals surface area contributed by atoms with Crippen molar-refractivity contribution in [2.45, 2.75) is 66.7 Å². The summed E-state index contributed by atoms with van der Waals surface area (Å²) in [5.41, 5.74) is 5.96. The lowest BCUT2D eigenvalue weighted by molar-refractivity contribution is -0.118. The molecule has 218 valence electrons. The number of nitrogen functional groups attached to an aromatic ring is 1. The van der Waals surface area contributed by atoms with Gasteiger partial charge in [0, 0.05) is 22.3 Å². The summed E-state index contributed by atoms with van der Waals surface area (Å²) in [6.45, 7) is 11.0. The second kappa shape index (κ2) is 13.4. The maximum atomic E-state index is 13.4. The van der Waals surface area contributed by atoms with Crippen LogP contribution in [0.2, 0.25) is 0 Å². The van der Waals surface area contributed by atoms with Crippen LogP contribution in [-0.2, 0) is 32.5 Å². The number of aromatic nitrogens is 4. The van der Waals surface area contributed by atoms with Gasteiger partial charge in [0.1, 0.15) is 18.1 Å². The van der Waals surface area contributed by atoms with E-state index in [1.165, 1.54) is 6.33 Å². The van der Waals surface area contributed by atoms with Crippen LogP contribution in [0, 0.1) is 10.8 Å². The number of carbonyl (C=O) groups excluding carboxylic acids is 2. The molecule has 15 heteroatoms. The molecule has 0 spiro atoms. The SMILES string of the molecule is CC(C)(C)C(=O)SCCOP(=O)(OCCSC(=O)C(C)(C)C)OC[C@H]1CC[C@@H](n2cnc3c(N)ncnc32)O1. The Bertz CT molecular complexity index is 1160. The molecule has 39 heavy (non-hydrogen) atoms. The molecule has 0 unspecified atom stereocenters. The fourth-order valence-electron chi connectivity index (χ4n) is 3.38. The molecule has 0 radical (unpaired) electrons. The number of rotatable bonds is 12. The monoisotopic (exact) mass is 603 g/mol. The van der Waals surface area contributed by atoms with Crippen molar-refractivity contribution >= 4 is 58.6 Å². The standard InChI is InChI=1S/C24H38N5O7PS2/c1-23(2,3)21(30)38-11-9-33-37(32,34-10-12-39-22(31)24(4,5)6)35-13-16-7-8-17(36-16)29-15-28-18-19(25)26-14-27-20(18)29/h14-17H,7-13H2,1-6H3,(H2,25,26,27)/t16-,17+/m1/s1. The molecule has 3 rings (SSSR count). The topological polar surface area (TPSA) is 158 Å². The lowest BCUT2D eigenvalue weighted by Crippen LogP contribution is -2.19. The van der Waals surface area contributed by atoms with Gasteiger partial charge in [0.25, 0.3) is 0 Å². The molecule has 2 N–H and O–H groups in total. The Balaban J connectivity index is 1.55. The van der Waals surface area contributed by atoms with Gasteiger partial charge in [-0.2, -0.15) is 0 Å². The zero-order chi connectivity index (χ0) is 28.8. The third-order valence-corrected chi connectivity index (χ3v) is 9.51. The number of hydrogen-bond donors (Lipinski definition) is 1. The van der Waals surface area contributed by atoms with Crippen LogP contribution >= 0.6 is 31.3 Å². The average Bonchev–Trinajstić information content (AvgIpc) is 3.49. The molecule has 0 amide bonds. The summed E-state index contributed by atoms with van der Waals surface area (Å²) in [6.07, 6.45) is 3.55. The predicted octanol–water partition coefficient (Wildman–Crippen LogP) is 4.86. The smallest absolute Gasteiger partial charge is 0.382 e. The summed E-state index contributed by atoms with van der Waals surface area (Å²) in [5.74, 6) is 0.881. The molecule has 2 atom stereocenters. The molecule has 0 saturated carbocycles. The summed E-state index contributed by atoms with van der Waals surface area (Å²) in [6, 6.07) is 0. The van der Waals surface area contributed by atoms with Crippen LogP contribution in [0.4, 0.5) is 5.82 Å². The molecule has 2 aromatic heterocycles. The Kier molecular flexibility index (Phi) is 11.0. The minimum atomic E-state index is -3.98. The Morgan fingerprint density at radius 2 is 1.59 bits per heavy atom. The molecule has 1 saturated heterocycles. The van der Waals surface area contributed by atoms with Gasteiger partial charge in [0.2, 0.25) is 0 Å². The summed E-state index contributed by atoms with van der Waals surface area (Å²) in [4.78, 5) is 36.8. The molecular formula is C24H38N5O7PS2. The minimum absolute atomic E-state index is 0.00399. The summed E-state index contributed by atoms with van der Waals surface area (Å²) in [5, 5.41) is 0.00799.